The molecule has 5 nitrogen and oxygen atoms in total. The van der Waals surface area contributed by atoms with Gasteiger partial charge < -0.3 is 10.1 Å². The molecule has 1 aliphatic carbocycles. The van der Waals surface area contributed by atoms with Gasteiger partial charge in [-0.05, 0) is 55.1 Å². The Bertz CT molecular complexity index is 947. The smallest absolute Gasteiger partial charge is 0.339 e. The van der Waals surface area contributed by atoms with E-state index in [1.165, 1.54) is 0 Å². The highest BCUT2D eigenvalue weighted by atomic mass is 16.5. The second kappa shape index (κ2) is 9.80. The number of rotatable bonds is 8. The fraction of sp³-hybridized carbons (Fsp3) is 0.577. The van der Waals surface area contributed by atoms with Crippen LogP contribution in [0.3, 0.4) is 0 Å². The number of fused-ring (bicyclic) bond motifs is 2. The van der Waals surface area contributed by atoms with Gasteiger partial charge in [-0.2, -0.15) is 0 Å². The summed E-state index contributed by atoms with van der Waals surface area (Å²) in [5, 5.41) is 3.74. The number of carbonyl (C=O) groups excluding carboxylic acids is 2. The molecule has 0 fully saturated rings. The third-order valence-electron chi connectivity index (χ3n) is 7.16. The van der Waals surface area contributed by atoms with E-state index >= 15 is 0 Å². The van der Waals surface area contributed by atoms with Crippen LogP contribution in [0.1, 0.15) is 81.9 Å². The van der Waals surface area contributed by atoms with Crippen molar-refractivity contribution in [3.8, 4) is 0 Å². The molecule has 2 aromatic rings. The van der Waals surface area contributed by atoms with Crippen molar-refractivity contribution in [2.45, 2.75) is 79.2 Å². The van der Waals surface area contributed by atoms with Gasteiger partial charge in [-0.25, -0.2) is 4.79 Å². The Balaban J connectivity index is 1.91. The van der Waals surface area contributed by atoms with Crippen LogP contribution in [0.15, 0.2) is 24.3 Å². The number of ether oxygens (including phenoxy) is 1. The lowest BCUT2D eigenvalue weighted by Gasteiger charge is -2.37. The zero-order valence-electron chi connectivity index (χ0n) is 19.6. The van der Waals surface area contributed by atoms with E-state index in [9.17, 15) is 9.59 Å². The van der Waals surface area contributed by atoms with Crippen LogP contribution in [-0.2, 0) is 22.4 Å². The molecule has 0 unspecified atom stereocenters. The van der Waals surface area contributed by atoms with Gasteiger partial charge in [0.25, 0.3) is 5.91 Å². The summed E-state index contributed by atoms with van der Waals surface area (Å²) < 4.78 is 5.52. The van der Waals surface area contributed by atoms with Gasteiger partial charge in [-0.1, -0.05) is 59.2 Å². The number of hydrogen-bond donors (Lipinski definition) is 1. The van der Waals surface area contributed by atoms with Crippen LogP contribution in [0.5, 0.6) is 0 Å². The number of pyridine rings is 1. The van der Waals surface area contributed by atoms with Gasteiger partial charge >= 0.3 is 5.97 Å². The number of hydrogen-bond acceptors (Lipinski definition) is 4. The molecule has 0 spiro atoms. The molecule has 1 aromatic carbocycles. The quantitative estimate of drug-likeness (QED) is 0.589. The van der Waals surface area contributed by atoms with Crippen molar-refractivity contribution < 1.29 is 14.3 Å². The van der Waals surface area contributed by atoms with E-state index in [2.05, 4.69) is 26.1 Å². The molecular formula is C26H36N2O3. The van der Waals surface area contributed by atoms with Crippen molar-refractivity contribution in [1.82, 2.24) is 10.3 Å². The molecule has 1 heterocycles. The molecule has 0 aliphatic heterocycles. The van der Waals surface area contributed by atoms with Crippen LogP contribution in [0.2, 0.25) is 0 Å². The van der Waals surface area contributed by atoms with Crippen LogP contribution in [0, 0.1) is 11.3 Å². The lowest BCUT2D eigenvalue weighted by molar-refractivity contribution is -0.125. The standard InChI is InChI=1S/C26H36N2O3/c1-6-18(7-2)27-23(29)16-31-25(30)24-19-11-9-10-12-21(19)28-22-14-13-17(15-20(22)24)26(4,5)8-3/h9-12,17-18H,6-8,13-16H2,1-5H3,(H,27,29)/t17-/m1/s1. The van der Waals surface area contributed by atoms with Gasteiger partial charge in [0.1, 0.15) is 0 Å². The number of benzene rings is 1. The second-order valence-corrected chi connectivity index (χ2v) is 9.37. The van der Waals surface area contributed by atoms with Gasteiger partial charge in [-0.15, -0.1) is 0 Å². The molecule has 0 bridgehead atoms. The van der Waals surface area contributed by atoms with E-state index in [-0.39, 0.29) is 24.0 Å². The summed E-state index contributed by atoms with van der Waals surface area (Å²) in [5.41, 5.74) is 3.59. The fourth-order valence-corrected chi connectivity index (χ4v) is 4.54. The number of nitrogens with zero attached hydrogens (tertiary/aromatic N) is 1. The van der Waals surface area contributed by atoms with E-state index in [0.717, 1.165) is 60.7 Å². The maximum Gasteiger partial charge on any atom is 0.339 e. The van der Waals surface area contributed by atoms with E-state index < -0.39 is 5.97 Å². The second-order valence-electron chi connectivity index (χ2n) is 9.37. The number of aryl methyl sites for hydroxylation is 1. The summed E-state index contributed by atoms with van der Waals surface area (Å²) in [6.07, 6.45) is 5.55. The summed E-state index contributed by atoms with van der Waals surface area (Å²) in [7, 11) is 0. The Kier molecular flexibility index (Phi) is 7.34. The first-order valence-corrected chi connectivity index (χ1v) is 11.7. The van der Waals surface area contributed by atoms with Crippen LogP contribution in [-0.4, -0.2) is 29.5 Å². The van der Waals surface area contributed by atoms with Crippen LogP contribution < -0.4 is 5.32 Å². The van der Waals surface area contributed by atoms with Crippen molar-refractivity contribution in [2.24, 2.45) is 11.3 Å². The Morgan fingerprint density at radius 1 is 1.19 bits per heavy atom. The molecule has 31 heavy (non-hydrogen) atoms. The van der Waals surface area contributed by atoms with E-state index in [0.29, 0.717) is 11.5 Å². The monoisotopic (exact) mass is 424 g/mol. The van der Waals surface area contributed by atoms with Crippen molar-refractivity contribution in [3.05, 3.63) is 41.1 Å². The fourth-order valence-electron chi connectivity index (χ4n) is 4.54. The zero-order valence-corrected chi connectivity index (χ0v) is 19.6. The highest BCUT2D eigenvalue weighted by Crippen LogP contribution is 2.41. The average molecular weight is 425 g/mol. The predicted molar refractivity (Wildman–Crippen MR) is 124 cm³/mol. The van der Waals surface area contributed by atoms with E-state index in [4.69, 9.17) is 9.72 Å². The summed E-state index contributed by atoms with van der Waals surface area (Å²) in [6, 6.07) is 7.83. The molecular weight excluding hydrogens is 388 g/mol. The molecule has 168 valence electrons. The summed E-state index contributed by atoms with van der Waals surface area (Å²) >= 11 is 0. The maximum atomic E-state index is 13.3. The average Bonchev–Trinajstić information content (AvgIpc) is 2.78. The molecule has 0 radical (unpaired) electrons. The molecule has 5 heteroatoms. The third-order valence-corrected chi connectivity index (χ3v) is 7.16. The van der Waals surface area contributed by atoms with Gasteiger partial charge in [0, 0.05) is 17.1 Å². The molecule has 1 aromatic heterocycles. The van der Waals surface area contributed by atoms with Gasteiger partial charge in [0.15, 0.2) is 6.61 Å². The van der Waals surface area contributed by atoms with Crippen LogP contribution in [0.25, 0.3) is 10.9 Å². The minimum Gasteiger partial charge on any atom is -0.452 e. The number of nitrogens with one attached hydrogen (secondary N) is 1. The summed E-state index contributed by atoms with van der Waals surface area (Å²) in [4.78, 5) is 30.4. The molecule has 1 aliphatic rings. The Morgan fingerprint density at radius 3 is 2.58 bits per heavy atom. The van der Waals surface area contributed by atoms with Crippen molar-refractivity contribution in [1.29, 1.82) is 0 Å². The summed E-state index contributed by atoms with van der Waals surface area (Å²) in [6.45, 7) is 10.6. The first-order valence-electron chi connectivity index (χ1n) is 11.7. The number of aromatic nitrogens is 1. The largest absolute Gasteiger partial charge is 0.452 e. The van der Waals surface area contributed by atoms with Crippen molar-refractivity contribution >= 4 is 22.8 Å². The lowest BCUT2D eigenvalue weighted by atomic mass is 9.68. The normalized spacial score (nSPS) is 16.3. The molecule has 0 saturated carbocycles. The first kappa shape index (κ1) is 23.2. The first-order chi connectivity index (χ1) is 14.8. The zero-order chi connectivity index (χ0) is 22.6. The van der Waals surface area contributed by atoms with Gasteiger partial charge in [-0.3, -0.25) is 9.78 Å². The number of carbonyl (C=O) groups is 2. The summed E-state index contributed by atoms with van der Waals surface area (Å²) in [5.74, 6) is -0.193. The molecule has 3 rings (SSSR count). The Morgan fingerprint density at radius 2 is 1.90 bits per heavy atom. The SMILES string of the molecule is CCC(CC)NC(=O)COC(=O)c1c2c(nc3ccccc13)CC[C@@H](C(C)(C)CC)C2. The Labute approximate surface area is 186 Å². The molecule has 1 atom stereocenters. The maximum absolute atomic E-state index is 13.3. The molecule has 0 saturated heterocycles. The van der Waals surface area contributed by atoms with Crippen molar-refractivity contribution in [3.63, 3.8) is 0 Å². The van der Waals surface area contributed by atoms with Gasteiger partial charge in [0.2, 0.25) is 0 Å². The topological polar surface area (TPSA) is 68.3 Å². The minimum atomic E-state index is -0.426. The minimum absolute atomic E-state index is 0.109. The molecule has 1 amide bonds. The highest BCUT2D eigenvalue weighted by molar-refractivity contribution is 6.05. The number of amides is 1. The Hall–Kier alpha value is -2.43. The third kappa shape index (κ3) is 5.08. The number of para-hydroxylation sites is 1. The van der Waals surface area contributed by atoms with E-state index in [1.807, 2.05) is 38.1 Å². The van der Waals surface area contributed by atoms with Crippen molar-refractivity contribution in [2.75, 3.05) is 6.61 Å². The highest BCUT2D eigenvalue weighted by Gasteiger charge is 2.34. The van der Waals surface area contributed by atoms with Crippen LogP contribution >= 0.6 is 0 Å². The lowest BCUT2D eigenvalue weighted by Crippen LogP contribution is -2.37. The van der Waals surface area contributed by atoms with Gasteiger partial charge in [0.05, 0.1) is 11.1 Å². The van der Waals surface area contributed by atoms with Crippen LogP contribution in [0.4, 0.5) is 0 Å². The predicted octanol–water partition coefficient (Wildman–Crippen LogP) is 5.24. The van der Waals surface area contributed by atoms with E-state index in [1.54, 1.807) is 0 Å². The number of esters is 1. The molecule has 1 N–H and O–H groups in total.